The topological polar surface area (TPSA) is 3.24 Å². The first-order valence-corrected chi connectivity index (χ1v) is 5.18. The maximum atomic E-state index is 5.52. The van der Waals surface area contributed by atoms with Crippen molar-refractivity contribution in [3.05, 3.63) is 0 Å². The van der Waals surface area contributed by atoms with Crippen LogP contribution in [0.2, 0.25) is 0 Å². The van der Waals surface area contributed by atoms with E-state index >= 15 is 0 Å². The van der Waals surface area contributed by atoms with Gasteiger partial charge in [-0.25, -0.2) is 0 Å². The lowest BCUT2D eigenvalue weighted by molar-refractivity contribution is 0.147. The first kappa shape index (κ1) is 10.6. The third-order valence-electron chi connectivity index (χ3n) is 3.45. The number of terminal acetylenes is 1. The fourth-order valence-electron chi connectivity index (χ4n) is 2.09. The standard InChI is InChI=1S/C12H21N/c1-6-12(3,4)13(5)11-8-7-10(2)9-11/h1,10-11H,7-9H2,2-5H3. The Bertz CT molecular complexity index is 212. The average Bonchev–Trinajstić information content (AvgIpc) is 2.50. The normalized spacial score (nSPS) is 29.2. The zero-order valence-corrected chi connectivity index (χ0v) is 9.30. The molecule has 0 heterocycles. The van der Waals surface area contributed by atoms with E-state index in [1.807, 2.05) is 0 Å². The van der Waals surface area contributed by atoms with Gasteiger partial charge in [0.1, 0.15) is 0 Å². The SMILES string of the molecule is C#CC(C)(C)N(C)C1CCC(C)C1. The Kier molecular flexibility index (Phi) is 3.03. The van der Waals surface area contributed by atoms with Crippen LogP contribution in [0.3, 0.4) is 0 Å². The van der Waals surface area contributed by atoms with E-state index in [4.69, 9.17) is 6.42 Å². The van der Waals surface area contributed by atoms with Gasteiger partial charge in [0.25, 0.3) is 0 Å². The average molecular weight is 179 g/mol. The number of hydrogen-bond acceptors (Lipinski definition) is 1. The van der Waals surface area contributed by atoms with E-state index in [1.165, 1.54) is 19.3 Å². The molecule has 0 saturated heterocycles. The lowest BCUT2D eigenvalue weighted by Gasteiger charge is -2.36. The molecule has 0 bridgehead atoms. The summed E-state index contributed by atoms with van der Waals surface area (Å²) in [5.41, 5.74) is -0.0886. The van der Waals surface area contributed by atoms with E-state index in [2.05, 4.69) is 38.6 Å². The molecule has 2 atom stereocenters. The van der Waals surface area contributed by atoms with Gasteiger partial charge in [-0.1, -0.05) is 12.8 Å². The number of nitrogens with zero attached hydrogens (tertiary/aromatic N) is 1. The van der Waals surface area contributed by atoms with Crippen LogP contribution in [0.15, 0.2) is 0 Å². The monoisotopic (exact) mass is 179 g/mol. The molecular weight excluding hydrogens is 158 g/mol. The van der Waals surface area contributed by atoms with Gasteiger partial charge in [0.15, 0.2) is 0 Å². The summed E-state index contributed by atoms with van der Waals surface area (Å²) in [5.74, 6) is 3.73. The van der Waals surface area contributed by atoms with Crippen molar-refractivity contribution in [2.45, 2.75) is 51.6 Å². The Morgan fingerprint density at radius 2 is 2.00 bits per heavy atom. The third-order valence-corrected chi connectivity index (χ3v) is 3.45. The van der Waals surface area contributed by atoms with Gasteiger partial charge in [-0.3, -0.25) is 4.90 Å². The number of hydrogen-bond donors (Lipinski definition) is 0. The molecule has 0 aromatic heterocycles. The minimum Gasteiger partial charge on any atom is -0.288 e. The maximum Gasteiger partial charge on any atom is 0.0766 e. The highest BCUT2D eigenvalue weighted by Crippen LogP contribution is 2.31. The van der Waals surface area contributed by atoms with Crippen molar-refractivity contribution in [2.24, 2.45) is 5.92 Å². The van der Waals surface area contributed by atoms with Crippen LogP contribution in [-0.2, 0) is 0 Å². The predicted molar refractivity (Wildman–Crippen MR) is 57.5 cm³/mol. The van der Waals surface area contributed by atoms with Gasteiger partial charge >= 0.3 is 0 Å². The largest absolute Gasteiger partial charge is 0.288 e. The van der Waals surface area contributed by atoms with E-state index in [-0.39, 0.29) is 5.54 Å². The molecule has 0 N–H and O–H groups in total. The van der Waals surface area contributed by atoms with Crippen molar-refractivity contribution in [2.75, 3.05) is 7.05 Å². The molecular formula is C12H21N. The lowest BCUT2D eigenvalue weighted by atomic mass is 10.0. The Hall–Kier alpha value is -0.480. The quantitative estimate of drug-likeness (QED) is 0.589. The molecule has 0 aromatic rings. The second kappa shape index (κ2) is 3.72. The summed E-state index contributed by atoms with van der Waals surface area (Å²) in [6.07, 6.45) is 9.49. The molecule has 0 aromatic carbocycles. The zero-order valence-electron chi connectivity index (χ0n) is 9.30. The van der Waals surface area contributed by atoms with Gasteiger partial charge in [-0.05, 0) is 46.1 Å². The van der Waals surface area contributed by atoms with Crippen LogP contribution in [0.4, 0.5) is 0 Å². The summed E-state index contributed by atoms with van der Waals surface area (Å²) in [6.45, 7) is 6.57. The van der Waals surface area contributed by atoms with Gasteiger partial charge in [0.2, 0.25) is 0 Å². The van der Waals surface area contributed by atoms with Crippen LogP contribution in [0.1, 0.15) is 40.0 Å². The minimum absolute atomic E-state index is 0.0886. The molecule has 2 unspecified atom stereocenters. The molecule has 0 radical (unpaired) electrons. The molecule has 1 aliphatic carbocycles. The van der Waals surface area contributed by atoms with Gasteiger partial charge in [0.05, 0.1) is 5.54 Å². The maximum absolute atomic E-state index is 5.52. The summed E-state index contributed by atoms with van der Waals surface area (Å²) in [4.78, 5) is 2.36. The van der Waals surface area contributed by atoms with Crippen molar-refractivity contribution < 1.29 is 0 Å². The molecule has 1 saturated carbocycles. The van der Waals surface area contributed by atoms with E-state index in [1.54, 1.807) is 0 Å². The highest BCUT2D eigenvalue weighted by molar-refractivity contribution is 5.09. The van der Waals surface area contributed by atoms with Crippen molar-refractivity contribution in [3.63, 3.8) is 0 Å². The Morgan fingerprint density at radius 1 is 1.38 bits per heavy atom. The van der Waals surface area contributed by atoms with Crippen LogP contribution in [0.5, 0.6) is 0 Å². The van der Waals surface area contributed by atoms with Crippen LogP contribution >= 0.6 is 0 Å². The molecule has 0 amide bonds. The van der Waals surface area contributed by atoms with E-state index in [0.717, 1.165) is 5.92 Å². The van der Waals surface area contributed by atoms with Crippen LogP contribution in [-0.4, -0.2) is 23.5 Å². The van der Waals surface area contributed by atoms with Crippen LogP contribution in [0, 0.1) is 18.3 Å². The van der Waals surface area contributed by atoms with Crippen molar-refractivity contribution in [1.29, 1.82) is 0 Å². The Morgan fingerprint density at radius 3 is 2.38 bits per heavy atom. The van der Waals surface area contributed by atoms with Crippen molar-refractivity contribution in [1.82, 2.24) is 4.90 Å². The summed E-state index contributed by atoms with van der Waals surface area (Å²) >= 11 is 0. The summed E-state index contributed by atoms with van der Waals surface area (Å²) in [6, 6.07) is 0.695. The highest BCUT2D eigenvalue weighted by Gasteiger charge is 2.31. The Balaban J connectivity index is 2.59. The lowest BCUT2D eigenvalue weighted by Crippen LogP contribution is -2.45. The fourth-order valence-corrected chi connectivity index (χ4v) is 2.09. The molecule has 13 heavy (non-hydrogen) atoms. The van der Waals surface area contributed by atoms with E-state index in [9.17, 15) is 0 Å². The summed E-state index contributed by atoms with van der Waals surface area (Å²) in [7, 11) is 2.16. The van der Waals surface area contributed by atoms with Crippen LogP contribution in [0.25, 0.3) is 0 Å². The van der Waals surface area contributed by atoms with Gasteiger partial charge in [-0.2, -0.15) is 0 Å². The third kappa shape index (κ3) is 2.25. The Labute approximate surface area is 82.5 Å². The molecule has 1 aliphatic rings. The van der Waals surface area contributed by atoms with Gasteiger partial charge < -0.3 is 0 Å². The van der Waals surface area contributed by atoms with Gasteiger partial charge in [0, 0.05) is 6.04 Å². The van der Waals surface area contributed by atoms with E-state index in [0.29, 0.717) is 6.04 Å². The molecule has 0 spiro atoms. The second-order valence-electron chi connectivity index (χ2n) is 4.89. The fraction of sp³-hybridized carbons (Fsp3) is 0.833. The smallest absolute Gasteiger partial charge is 0.0766 e. The first-order chi connectivity index (χ1) is 5.97. The van der Waals surface area contributed by atoms with Crippen molar-refractivity contribution >= 4 is 0 Å². The number of rotatable bonds is 2. The minimum atomic E-state index is -0.0886. The van der Waals surface area contributed by atoms with Crippen molar-refractivity contribution in [3.8, 4) is 12.3 Å². The second-order valence-corrected chi connectivity index (χ2v) is 4.89. The molecule has 1 heteroatoms. The molecule has 1 nitrogen and oxygen atoms in total. The van der Waals surface area contributed by atoms with E-state index < -0.39 is 0 Å². The van der Waals surface area contributed by atoms with Gasteiger partial charge in [-0.15, -0.1) is 6.42 Å². The first-order valence-electron chi connectivity index (χ1n) is 5.18. The summed E-state index contributed by atoms with van der Waals surface area (Å²) < 4.78 is 0. The predicted octanol–water partition coefficient (Wildman–Crippen LogP) is 2.52. The molecule has 1 rings (SSSR count). The molecule has 0 aliphatic heterocycles. The highest BCUT2D eigenvalue weighted by atomic mass is 15.2. The molecule has 1 fully saturated rings. The molecule has 74 valence electrons. The summed E-state index contributed by atoms with van der Waals surface area (Å²) in [5, 5.41) is 0. The zero-order chi connectivity index (χ0) is 10.1. The van der Waals surface area contributed by atoms with Crippen LogP contribution < -0.4 is 0 Å².